The first-order chi connectivity index (χ1) is 8.13. The summed E-state index contributed by atoms with van der Waals surface area (Å²) in [6.07, 6.45) is 3.44. The molecule has 2 rings (SSSR count). The summed E-state index contributed by atoms with van der Waals surface area (Å²) in [7, 11) is 0. The van der Waals surface area contributed by atoms with E-state index in [9.17, 15) is 9.90 Å². The molecule has 1 amide bonds. The smallest absolute Gasteiger partial charge is 0.292 e. The van der Waals surface area contributed by atoms with E-state index in [1.807, 2.05) is 13.8 Å². The Kier molecular flexibility index (Phi) is 3.47. The van der Waals surface area contributed by atoms with Gasteiger partial charge in [0, 0.05) is 24.8 Å². The molecule has 2 unspecified atom stereocenters. The molecule has 5 nitrogen and oxygen atoms in total. The standard InChI is InChI=1S/C12H18N2O3/c1-8-5-13-17-11(8)12(16)14-6-10(7-15)4-3-9(14)2/h5,9-10,15H,3-4,6-7H2,1-2H3. The lowest BCUT2D eigenvalue weighted by Gasteiger charge is -2.36. The van der Waals surface area contributed by atoms with Crippen LogP contribution in [0.3, 0.4) is 0 Å². The molecule has 2 heterocycles. The first-order valence-electron chi connectivity index (χ1n) is 5.96. The average Bonchev–Trinajstić information content (AvgIpc) is 2.75. The fourth-order valence-corrected chi connectivity index (χ4v) is 2.24. The molecule has 0 saturated carbocycles. The van der Waals surface area contributed by atoms with Crippen molar-refractivity contribution >= 4 is 5.91 Å². The Balaban J connectivity index is 2.15. The Morgan fingerprint density at radius 3 is 3.00 bits per heavy atom. The summed E-state index contributed by atoms with van der Waals surface area (Å²) in [5.41, 5.74) is 0.758. The van der Waals surface area contributed by atoms with E-state index in [0.717, 1.165) is 18.4 Å². The maximum absolute atomic E-state index is 12.3. The molecule has 94 valence electrons. The first-order valence-corrected chi connectivity index (χ1v) is 5.96. The summed E-state index contributed by atoms with van der Waals surface area (Å²) < 4.78 is 4.99. The van der Waals surface area contributed by atoms with Gasteiger partial charge < -0.3 is 14.5 Å². The normalized spacial score (nSPS) is 25.0. The van der Waals surface area contributed by atoms with Gasteiger partial charge in [-0.15, -0.1) is 0 Å². The highest BCUT2D eigenvalue weighted by molar-refractivity contribution is 5.92. The number of carbonyl (C=O) groups is 1. The van der Waals surface area contributed by atoms with Crippen molar-refractivity contribution in [1.82, 2.24) is 10.1 Å². The molecule has 0 aliphatic carbocycles. The Morgan fingerprint density at radius 1 is 1.65 bits per heavy atom. The SMILES string of the molecule is Cc1cnoc1C(=O)N1CC(CO)CCC1C. The van der Waals surface area contributed by atoms with Crippen LogP contribution in [0.15, 0.2) is 10.7 Å². The summed E-state index contributed by atoms with van der Waals surface area (Å²) in [5, 5.41) is 12.8. The molecule has 17 heavy (non-hydrogen) atoms. The maximum atomic E-state index is 12.3. The van der Waals surface area contributed by atoms with Crippen LogP contribution < -0.4 is 0 Å². The van der Waals surface area contributed by atoms with Crippen LogP contribution in [-0.4, -0.2) is 40.3 Å². The third kappa shape index (κ3) is 2.34. The second kappa shape index (κ2) is 4.87. The number of likely N-dealkylation sites (tertiary alicyclic amines) is 1. The van der Waals surface area contributed by atoms with Crippen LogP contribution in [0.4, 0.5) is 0 Å². The molecule has 0 spiro atoms. The van der Waals surface area contributed by atoms with Crippen molar-refractivity contribution in [3.05, 3.63) is 17.5 Å². The zero-order valence-electron chi connectivity index (χ0n) is 10.2. The lowest BCUT2D eigenvalue weighted by atomic mass is 9.94. The van der Waals surface area contributed by atoms with Crippen molar-refractivity contribution in [2.75, 3.05) is 13.2 Å². The lowest BCUT2D eigenvalue weighted by Crippen LogP contribution is -2.46. The fourth-order valence-electron chi connectivity index (χ4n) is 2.24. The number of aliphatic hydroxyl groups is 1. The third-order valence-corrected chi connectivity index (χ3v) is 3.44. The van der Waals surface area contributed by atoms with Crippen molar-refractivity contribution in [2.45, 2.75) is 32.7 Å². The second-order valence-electron chi connectivity index (χ2n) is 4.77. The van der Waals surface area contributed by atoms with Crippen LogP contribution in [0.2, 0.25) is 0 Å². The average molecular weight is 238 g/mol. The van der Waals surface area contributed by atoms with Gasteiger partial charge in [0.1, 0.15) is 0 Å². The van der Waals surface area contributed by atoms with Gasteiger partial charge in [0.25, 0.3) is 5.91 Å². The van der Waals surface area contributed by atoms with E-state index in [4.69, 9.17) is 4.52 Å². The zero-order chi connectivity index (χ0) is 12.4. The number of aryl methyl sites for hydroxylation is 1. The van der Waals surface area contributed by atoms with Crippen LogP contribution in [-0.2, 0) is 0 Å². The number of amides is 1. The number of hydrogen-bond acceptors (Lipinski definition) is 4. The van der Waals surface area contributed by atoms with Gasteiger partial charge in [-0.05, 0) is 32.6 Å². The van der Waals surface area contributed by atoms with Crippen LogP contribution in [0, 0.1) is 12.8 Å². The van der Waals surface area contributed by atoms with Gasteiger partial charge in [-0.25, -0.2) is 0 Å². The predicted octanol–water partition coefficient (Wildman–Crippen LogP) is 1.22. The van der Waals surface area contributed by atoms with Crippen LogP contribution in [0.25, 0.3) is 0 Å². The summed E-state index contributed by atoms with van der Waals surface area (Å²) in [6.45, 7) is 4.56. The van der Waals surface area contributed by atoms with Crippen molar-refractivity contribution in [2.24, 2.45) is 5.92 Å². The van der Waals surface area contributed by atoms with E-state index in [1.54, 1.807) is 11.1 Å². The molecule has 0 bridgehead atoms. The van der Waals surface area contributed by atoms with Crippen LogP contribution in [0.1, 0.15) is 35.9 Å². The molecule has 2 atom stereocenters. The summed E-state index contributed by atoms with van der Waals surface area (Å²) >= 11 is 0. The van der Waals surface area contributed by atoms with Crippen LogP contribution >= 0.6 is 0 Å². The first kappa shape index (κ1) is 12.1. The zero-order valence-corrected chi connectivity index (χ0v) is 10.2. The molecule has 1 aliphatic rings. The fraction of sp³-hybridized carbons (Fsp3) is 0.667. The molecule has 5 heteroatoms. The van der Waals surface area contributed by atoms with Gasteiger partial charge in [-0.1, -0.05) is 5.16 Å². The summed E-state index contributed by atoms with van der Waals surface area (Å²) in [5.74, 6) is 0.375. The molecule has 0 aromatic carbocycles. The summed E-state index contributed by atoms with van der Waals surface area (Å²) in [6, 6.07) is 0.190. The lowest BCUT2D eigenvalue weighted by molar-refractivity contribution is 0.0450. The van der Waals surface area contributed by atoms with Gasteiger partial charge in [0.05, 0.1) is 6.20 Å². The minimum Gasteiger partial charge on any atom is -0.396 e. The number of rotatable bonds is 2. The molecule has 1 aromatic heterocycles. The van der Waals surface area contributed by atoms with Gasteiger partial charge in [-0.3, -0.25) is 4.79 Å². The highest BCUT2D eigenvalue weighted by Crippen LogP contribution is 2.24. The molecule has 1 aromatic rings. The number of hydrogen-bond donors (Lipinski definition) is 1. The van der Waals surface area contributed by atoms with Crippen molar-refractivity contribution in [3.63, 3.8) is 0 Å². The molecule has 1 fully saturated rings. The van der Waals surface area contributed by atoms with Crippen molar-refractivity contribution < 1.29 is 14.4 Å². The number of piperidine rings is 1. The summed E-state index contributed by atoms with van der Waals surface area (Å²) in [4.78, 5) is 14.0. The van der Waals surface area contributed by atoms with E-state index >= 15 is 0 Å². The predicted molar refractivity (Wildman–Crippen MR) is 61.5 cm³/mol. The monoisotopic (exact) mass is 238 g/mol. The molecule has 1 N–H and O–H groups in total. The minimum atomic E-state index is -0.120. The van der Waals surface area contributed by atoms with E-state index in [2.05, 4.69) is 5.16 Å². The molecule has 1 saturated heterocycles. The van der Waals surface area contributed by atoms with E-state index in [0.29, 0.717) is 12.3 Å². The quantitative estimate of drug-likeness (QED) is 0.841. The number of nitrogens with zero attached hydrogens (tertiary/aromatic N) is 2. The molecule has 1 aliphatic heterocycles. The van der Waals surface area contributed by atoms with E-state index in [1.165, 1.54) is 0 Å². The molecular formula is C12H18N2O3. The Morgan fingerprint density at radius 2 is 2.41 bits per heavy atom. The Labute approximate surface area is 100 Å². The van der Waals surface area contributed by atoms with Crippen molar-refractivity contribution in [3.8, 4) is 0 Å². The van der Waals surface area contributed by atoms with Gasteiger partial charge in [-0.2, -0.15) is 0 Å². The van der Waals surface area contributed by atoms with Gasteiger partial charge >= 0.3 is 0 Å². The highest BCUT2D eigenvalue weighted by atomic mass is 16.5. The van der Waals surface area contributed by atoms with E-state index < -0.39 is 0 Å². The van der Waals surface area contributed by atoms with Gasteiger partial charge in [0.2, 0.25) is 5.76 Å². The van der Waals surface area contributed by atoms with Crippen molar-refractivity contribution in [1.29, 1.82) is 0 Å². The van der Waals surface area contributed by atoms with Crippen LogP contribution in [0.5, 0.6) is 0 Å². The Bertz CT molecular complexity index is 402. The van der Waals surface area contributed by atoms with E-state index in [-0.39, 0.29) is 24.5 Å². The van der Waals surface area contributed by atoms with Gasteiger partial charge in [0.15, 0.2) is 0 Å². The maximum Gasteiger partial charge on any atom is 0.292 e. The number of aromatic nitrogens is 1. The largest absolute Gasteiger partial charge is 0.396 e. The molecule has 0 radical (unpaired) electrons. The molecular weight excluding hydrogens is 220 g/mol. The third-order valence-electron chi connectivity index (χ3n) is 3.44. The Hall–Kier alpha value is -1.36. The number of carbonyl (C=O) groups excluding carboxylic acids is 1. The highest BCUT2D eigenvalue weighted by Gasteiger charge is 2.31. The number of aliphatic hydroxyl groups excluding tert-OH is 1. The minimum absolute atomic E-state index is 0.120. The second-order valence-corrected chi connectivity index (χ2v) is 4.77. The topological polar surface area (TPSA) is 66.6 Å².